The highest BCUT2D eigenvalue weighted by Gasteiger charge is 2.20. The number of anilines is 1. The van der Waals surface area contributed by atoms with Crippen molar-refractivity contribution >= 4 is 29.0 Å². The number of amides is 1. The molecule has 0 saturated carbocycles. The third-order valence-corrected chi connectivity index (χ3v) is 4.19. The Hall–Kier alpha value is -1.76. The second kappa shape index (κ2) is 6.60. The van der Waals surface area contributed by atoms with Crippen molar-refractivity contribution < 1.29 is 9.72 Å². The van der Waals surface area contributed by atoms with Crippen LogP contribution in [0.15, 0.2) is 18.2 Å². The van der Waals surface area contributed by atoms with E-state index in [9.17, 15) is 14.9 Å². The Labute approximate surface area is 122 Å². The van der Waals surface area contributed by atoms with E-state index in [1.807, 2.05) is 20.1 Å². The van der Waals surface area contributed by atoms with Gasteiger partial charge < -0.3 is 10.6 Å². The smallest absolute Gasteiger partial charge is 0.292 e. The fourth-order valence-corrected chi connectivity index (χ4v) is 1.72. The zero-order valence-corrected chi connectivity index (χ0v) is 12.8. The first kappa shape index (κ1) is 16.3. The molecule has 0 radical (unpaired) electrons. The molecule has 0 aliphatic rings. The van der Waals surface area contributed by atoms with Gasteiger partial charge in [-0.05, 0) is 32.2 Å². The molecular formula is C13H19N3O3S. The van der Waals surface area contributed by atoms with Gasteiger partial charge in [-0.3, -0.25) is 14.9 Å². The number of carbonyl (C=O) groups excluding carboxylic acids is 1. The molecule has 0 spiro atoms. The molecule has 0 bridgehead atoms. The summed E-state index contributed by atoms with van der Waals surface area (Å²) in [6.45, 7) is 4.64. The van der Waals surface area contributed by atoms with Gasteiger partial charge in [0.25, 0.3) is 11.6 Å². The van der Waals surface area contributed by atoms with Gasteiger partial charge >= 0.3 is 0 Å². The quantitative estimate of drug-likeness (QED) is 0.622. The van der Waals surface area contributed by atoms with E-state index in [1.165, 1.54) is 25.2 Å². The molecule has 0 aliphatic heterocycles. The summed E-state index contributed by atoms with van der Waals surface area (Å²) in [5.41, 5.74) is 0.718. The molecule has 7 heteroatoms. The lowest BCUT2D eigenvalue weighted by Crippen LogP contribution is -2.26. The van der Waals surface area contributed by atoms with Crippen molar-refractivity contribution in [2.75, 3.05) is 25.2 Å². The van der Waals surface area contributed by atoms with Crippen LogP contribution in [-0.4, -0.2) is 35.4 Å². The first-order valence-electron chi connectivity index (χ1n) is 6.10. The minimum Gasteiger partial charge on any atom is -0.378 e. The predicted octanol–water partition coefficient (Wildman–Crippen LogP) is 2.51. The summed E-state index contributed by atoms with van der Waals surface area (Å²) in [7, 11) is 1.52. The van der Waals surface area contributed by atoms with Crippen LogP contribution in [0.4, 0.5) is 11.4 Å². The van der Waals surface area contributed by atoms with Gasteiger partial charge in [-0.2, -0.15) is 11.8 Å². The van der Waals surface area contributed by atoms with Gasteiger partial charge in [0.05, 0.1) is 4.92 Å². The van der Waals surface area contributed by atoms with E-state index in [4.69, 9.17) is 0 Å². The molecule has 1 aromatic carbocycles. The lowest BCUT2D eigenvalue weighted by Gasteiger charge is -2.23. The summed E-state index contributed by atoms with van der Waals surface area (Å²) >= 11 is 1.66. The highest BCUT2D eigenvalue weighted by Crippen LogP contribution is 2.28. The first-order chi connectivity index (χ1) is 9.30. The second-order valence-electron chi connectivity index (χ2n) is 4.89. The van der Waals surface area contributed by atoms with E-state index >= 15 is 0 Å². The molecule has 0 fully saturated rings. The standard InChI is InChI=1S/C13H19N3O3S/c1-13(2,20-4)8-15-10-7-9(12(17)14-3)5-6-11(10)16(18)19/h5-7,15H,8H2,1-4H3,(H,14,17). The maximum atomic E-state index is 11.6. The minimum absolute atomic E-state index is 0.0328. The topological polar surface area (TPSA) is 84.3 Å². The van der Waals surface area contributed by atoms with Crippen molar-refractivity contribution in [2.45, 2.75) is 18.6 Å². The summed E-state index contributed by atoms with van der Waals surface area (Å²) in [6, 6.07) is 4.30. The normalized spacial score (nSPS) is 11.0. The highest BCUT2D eigenvalue weighted by molar-refractivity contribution is 7.99. The summed E-state index contributed by atoms with van der Waals surface area (Å²) in [4.78, 5) is 22.2. The zero-order valence-electron chi connectivity index (χ0n) is 12.0. The molecule has 0 saturated heterocycles. The van der Waals surface area contributed by atoms with Crippen molar-refractivity contribution in [1.29, 1.82) is 0 Å². The average Bonchev–Trinajstić information content (AvgIpc) is 2.43. The van der Waals surface area contributed by atoms with E-state index in [-0.39, 0.29) is 16.3 Å². The van der Waals surface area contributed by atoms with E-state index in [0.29, 0.717) is 17.8 Å². The van der Waals surface area contributed by atoms with Crippen molar-refractivity contribution in [3.63, 3.8) is 0 Å². The Morgan fingerprint density at radius 2 is 2.10 bits per heavy atom. The molecule has 0 atom stereocenters. The molecular weight excluding hydrogens is 278 g/mol. The Bertz CT molecular complexity index is 518. The Morgan fingerprint density at radius 3 is 2.60 bits per heavy atom. The van der Waals surface area contributed by atoms with Crippen LogP contribution in [0.3, 0.4) is 0 Å². The van der Waals surface area contributed by atoms with Gasteiger partial charge in [0, 0.05) is 30.0 Å². The number of carbonyl (C=O) groups is 1. The van der Waals surface area contributed by atoms with Gasteiger partial charge in [-0.1, -0.05) is 0 Å². The number of nitro groups is 1. The largest absolute Gasteiger partial charge is 0.378 e. The Balaban J connectivity index is 3.06. The van der Waals surface area contributed by atoms with Crippen LogP contribution in [0, 0.1) is 10.1 Å². The van der Waals surface area contributed by atoms with E-state index in [1.54, 1.807) is 11.8 Å². The van der Waals surface area contributed by atoms with Crippen molar-refractivity contribution in [3.05, 3.63) is 33.9 Å². The molecule has 20 heavy (non-hydrogen) atoms. The van der Waals surface area contributed by atoms with Crippen LogP contribution in [-0.2, 0) is 0 Å². The number of nitrogens with zero attached hydrogens (tertiary/aromatic N) is 1. The van der Waals surface area contributed by atoms with Crippen molar-refractivity contribution in [3.8, 4) is 0 Å². The number of hydrogen-bond donors (Lipinski definition) is 2. The fourth-order valence-electron chi connectivity index (χ4n) is 1.50. The summed E-state index contributed by atoms with van der Waals surface area (Å²) in [6.07, 6.45) is 1.98. The van der Waals surface area contributed by atoms with E-state index in [2.05, 4.69) is 10.6 Å². The van der Waals surface area contributed by atoms with E-state index in [0.717, 1.165) is 0 Å². The fraction of sp³-hybridized carbons (Fsp3) is 0.462. The molecule has 0 aromatic heterocycles. The molecule has 1 rings (SSSR count). The third kappa shape index (κ3) is 4.12. The summed E-state index contributed by atoms with van der Waals surface area (Å²) in [5, 5.41) is 16.6. The van der Waals surface area contributed by atoms with Crippen LogP contribution in [0.1, 0.15) is 24.2 Å². The van der Waals surface area contributed by atoms with Crippen molar-refractivity contribution in [2.24, 2.45) is 0 Å². The van der Waals surface area contributed by atoms with Crippen LogP contribution >= 0.6 is 11.8 Å². The van der Waals surface area contributed by atoms with Gasteiger partial charge in [0.2, 0.25) is 0 Å². The second-order valence-corrected chi connectivity index (χ2v) is 6.40. The minimum atomic E-state index is -0.456. The molecule has 1 amide bonds. The maximum Gasteiger partial charge on any atom is 0.292 e. The molecule has 2 N–H and O–H groups in total. The van der Waals surface area contributed by atoms with Gasteiger partial charge in [0.15, 0.2) is 0 Å². The monoisotopic (exact) mass is 297 g/mol. The van der Waals surface area contributed by atoms with Gasteiger partial charge in [0.1, 0.15) is 5.69 Å². The first-order valence-corrected chi connectivity index (χ1v) is 7.33. The van der Waals surface area contributed by atoms with Crippen molar-refractivity contribution in [1.82, 2.24) is 5.32 Å². The number of hydrogen-bond acceptors (Lipinski definition) is 5. The lowest BCUT2D eigenvalue weighted by atomic mass is 10.1. The van der Waals surface area contributed by atoms with Crippen LogP contribution < -0.4 is 10.6 Å². The van der Waals surface area contributed by atoms with Gasteiger partial charge in [-0.25, -0.2) is 0 Å². The summed E-state index contributed by atoms with van der Waals surface area (Å²) in [5.74, 6) is -0.271. The van der Waals surface area contributed by atoms with Crippen LogP contribution in [0.5, 0.6) is 0 Å². The Kier molecular flexibility index (Phi) is 5.38. The lowest BCUT2D eigenvalue weighted by molar-refractivity contribution is -0.384. The maximum absolute atomic E-state index is 11.6. The number of rotatable bonds is 6. The highest BCUT2D eigenvalue weighted by atomic mass is 32.2. The number of nitro benzene ring substituents is 1. The Morgan fingerprint density at radius 1 is 1.45 bits per heavy atom. The van der Waals surface area contributed by atoms with Crippen LogP contribution in [0.2, 0.25) is 0 Å². The number of thioether (sulfide) groups is 1. The SMILES string of the molecule is CNC(=O)c1ccc([N+](=O)[O-])c(NCC(C)(C)SC)c1. The van der Waals surface area contributed by atoms with E-state index < -0.39 is 4.92 Å². The molecule has 0 heterocycles. The third-order valence-electron chi connectivity index (χ3n) is 2.94. The average molecular weight is 297 g/mol. The molecule has 0 aliphatic carbocycles. The van der Waals surface area contributed by atoms with Crippen LogP contribution in [0.25, 0.3) is 0 Å². The molecule has 6 nitrogen and oxygen atoms in total. The zero-order chi connectivity index (χ0) is 15.3. The predicted molar refractivity (Wildman–Crippen MR) is 82.6 cm³/mol. The number of nitrogens with one attached hydrogen (secondary N) is 2. The number of benzene rings is 1. The molecule has 0 unspecified atom stereocenters. The summed E-state index contributed by atoms with van der Waals surface area (Å²) < 4.78 is -0.0586. The molecule has 1 aromatic rings. The molecule has 110 valence electrons. The van der Waals surface area contributed by atoms with Gasteiger partial charge in [-0.15, -0.1) is 0 Å².